The summed E-state index contributed by atoms with van der Waals surface area (Å²) in [6.07, 6.45) is -18.1. The van der Waals surface area contributed by atoms with Gasteiger partial charge in [0.1, 0.15) is 17.1 Å². The number of rotatable bonds is 17. The molecule has 6 aromatic carbocycles. The number of carbonyl (C=O) groups excluding carboxylic acids is 3. The number of aryl methyl sites for hydroxylation is 1. The maximum atomic E-state index is 14.4. The number of carbonyl (C=O) groups is 3. The van der Waals surface area contributed by atoms with E-state index in [2.05, 4.69) is 0 Å². The third-order valence-electron chi connectivity index (χ3n) is 11.6. The molecule has 7 aromatic rings. The van der Waals surface area contributed by atoms with Gasteiger partial charge < -0.3 is 58.8 Å². The van der Waals surface area contributed by atoms with E-state index in [0.717, 1.165) is 6.07 Å². The summed E-state index contributed by atoms with van der Waals surface area (Å²) in [5.41, 5.74) is 0.200. The molecule has 21 heteroatoms. The highest BCUT2D eigenvalue weighted by Gasteiger charge is 2.44. The molecule has 0 aliphatic carbocycles. The molecule has 11 nitrogen and oxygen atoms in total. The van der Waals surface area contributed by atoms with E-state index < -0.39 is 67.7 Å². The second-order valence-corrected chi connectivity index (χ2v) is 16.3. The first-order valence-electron chi connectivity index (χ1n) is 21.9. The van der Waals surface area contributed by atoms with Crippen molar-refractivity contribution in [3.05, 3.63) is 162 Å². The van der Waals surface area contributed by atoms with Gasteiger partial charge in [0, 0.05) is 47.9 Å². The number of aromatic nitrogens is 1. The maximum absolute atomic E-state index is 14.4. The van der Waals surface area contributed by atoms with Gasteiger partial charge in [-0.3, -0.25) is 14.4 Å². The zero-order valence-corrected chi connectivity index (χ0v) is 40.7. The molecule has 0 fully saturated rings. The van der Waals surface area contributed by atoms with Gasteiger partial charge in [0.2, 0.25) is 11.2 Å². The van der Waals surface area contributed by atoms with Crippen LogP contribution in [0.3, 0.4) is 0 Å². The number of anilines is 2. The Morgan fingerprint density at radius 3 is 1.58 bits per heavy atom. The summed E-state index contributed by atoms with van der Waals surface area (Å²) in [7, 11) is 2.97. The monoisotopic (exact) mass is 1130 g/mol. The molecule has 3 amide bonds. The first-order chi connectivity index (χ1) is 34.1. The van der Waals surface area contributed by atoms with E-state index in [0.29, 0.717) is 44.0 Å². The number of pyridine rings is 1. The fourth-order valence-electron chi connectivity index (χ4n) is 8.40. The number of nitrogens with zero attached hydrogens (tertiary/aromatic N) is 2. The number of hydrogen-bond donors (Lipinski definition) is 3. The summed E-state index contributed by atoms with van der Waals surface area (Å²) >= 11 is 0. The molecule has 0 radical (unpaired) electrons. The zero-order valence-electron chi connectivity index (χ0n) is 38.5. The van der Waals surface area contributed by atoms with Crippen molar-refractivity contribution in [3.63, 3.8) is 0 Å². The average molecular weight is 1130 g/mol. The number of hydrogen-bond acceptors (Lipinski definition) is 7. The zero-order chi connectivity index (χ0) is 52.0. The third-order valence-corrected chi connectivity index (χ3v) is 11.6. The molecule has 0 spiro atoms. The molecule has 0 saturated heterocycles. The smallest absolute Gasteiger partial charge is 0.471 e. The van der Waals surface area contributed by atoms with Gasteiger partial charge in [0.15, 0.2) is 6.54 Å². The average Bonchev–Trinajstić information content (AvgIpc) is 3.36. The van der Waals surface area contributed by atoms with Gasteiger partial charge >= 0.3 is 36.3 Å². The fraction of sp³-hybridized carbons (Fsp3) is 0.231. The molecule has 1 aromatic heterocycles. The molecule has 1 heterocycles. The lowest BCUT2D eigenvalue weighted by Crippen LogP contribution is -3.00. The van der Waals surface area contributed by atoms with Crippen molar-refractivity contribution in [2.75, 3.05) is 44.5 Å². The number of fused-ring (bicyclic) bond motifs is 3. The van der Waals surface area contributed by atoms with E-state index in [1.165, 1.54) is 49.1 Å². The Balaban J connectivity index is 0.00000869. The minimum atomic E-state index is -5.43. The molecule has 7 rings (SSSR count). The summed E-state index contributed by atoms with van der Waals surface area (Å²) in [6.45, 7) is -2.52. The summed E-state index contributed by atoms with van der Waals surface area (Å²) in [5, 5.41) is 16.0. The number of aliphatic hydroxyl groups is 1. The number of alkyl halides is 9. The van der Waals surface area contributed by atoms with Crippen LogP contribution in [0.2, 0.25) is 0 Å². The standard InChI is InChI=1S/C52H43F9N4O7.HI/c1-70-39-20-14-34(15-21-39)49(33-12-7-4-8-13-33,35-16-22-40(71-2)23-17-35)72-31-38(66)30-64(48(69)52(59,60)61)26-9-27-65-44-29-37(63-47(68)51(56,57)58)19-25-42(44)41-24-18-36(62-46(67)50(53,54)55)28-43(41)45(65)32-10-5-3-6-11-32;/h3-8,10-25,28-29,38,66H,9,26-27,30-31H2,1-2H3,(H,62,67);1H/t38-;/m0./s1. The summed E-state index contributed by atoms with van der Waals surface area (Å²) in [4.78, 5) is 37.7. The molecule has 0 aliphatic heterocycles. The van der Waals surface area contributed by atoms with Crippen molar-refractivity contribution in [1.82, 2.24) is 4.90 Å². The number of halogens is 10. The number of benzene rings is 6. The highest BCUT2D eigenvalue weighted by atomic mass is 127. The van der Waals surface area contributed by atoms with E-state index >= 15 is 0 Å². The van der Waals surface area contributed by atoms with Gasteiger partial charge in [-0.15, -0.1) is 0 Å². The minimum Gasteiger partial charge on any atom is -1.00 e. The van der Waals surface area contributed by atoms with Gasteiger partial charge in [-0.2, -0.15) is 44.1 Å². The Kier molecular flexibility index (Phi) is 17.3. The van der Waals surface area contributed by atoms with Crippen molar-refractivity contribution in [2.24, 2.45) is 0 Å². The van der Waals surface area contributed by atoms with Crippen LogP contribution in [0, 0.1) is 0 Å². The Bertz CT molecular complexity index is 3000. The quantitative estimate of drug-likeness (QED) is 0.0291. The second-order valence-electron chi connectivity index (χ2n) is 16.3. The summed E-state index contributed by atoms with van der Waals surface area (Å²) < 4.78 is 143. The van der Waals surface area contributed by atoms with Crippen LogP contribution in [0.1, 0.15) is 23.1 Å². The summed E-state index contributed by atoms with van der Waals surface area (Å²) in [6, 6.07) is 38.0. The second kappa shape index (κ2) is 22.8. The van der Waals surface area contributed by atoms with Gasteiger partial charge in [0.05, 0.1) is 37.7 Å². The largest absolute Gasteiger partial charge is 1.00 e. The van der Waals surface area contributed by atoms with E-state index in [9.17, 15) is 59.0 Å². The van der Waals surface area contributed by atoms with E-state index in [1.54, 1.807) is 120 Å². The van der Waals surface area contributed by atoms with E-state index in [4.69, 9.17) is 14.2 Å². The molecule has 0 aliphatic rings. The molecule has 3 N–H and O–H groups in total. The Hall–Kier alpha value is -6.98. The van der Waals surface area contributed by atoms with Gasteiger partial charge in [0.25, 0.3) is 0 Å². The molecule has 0 saturated carbocycles. The summed E-state index contributed by atoms with van der Waals surface area (Å²) in [5.74, 6) is -5.87. The van der Waals surface area contributed by atoms with Crippen LogP contribution in [0.15, 0.2) is 146 Å². The fourth-order valence-corrected chi connectivity index (χ4v) is 8.40. The number of ether oxygens (including phenoxy) is 3. The van der Waals surface area contributed by atoms with Crippen LogP contribution in [0.4, 0.5) is 50.9 Å². The highest BCUT2D eigenvalue weighted by Crippen LogP contribution is 2.42. The normalized spacial score (nSPS) is 12.4. The number of aliphatic hydroxyl groups excluding tert-OH is 1. The molecule has 0 unspecified atom stereocenters. The van der Waals surface area contributed by atoms with Crippen molar-refractivity contribution in [1.29, 1.82) is 0 Å². The lowest BCUT2D eigenvalue weighted by molar-refractivity contribution is -0.659. The number of methoxy groups -OCH3 is 2. The SMILES string of the molecule is COc1ccc(C(OC[C@@H](O)CN(CCC[n+]2c(-c3ccccc3)c3cc(NC(=O)C(F)(F)F)ccc3c3ccc(NC(=O)C(F)(F)F)cc32)C(=O)C(F)(F)F)(c2ccccc2)c2ccc(OC)cc2)cc1.[I-]. The van der Waals surface area contributed by atoms with Crippen molar-refractivity contribution in [2.45, 2.75) is 43.2 Å². The number of amides is 3. The maximum Gasteiger partial charge on any atom is 0.471 e. The van der Waals surface area contributed by atoms with E-state index in [-0.39, 0.29) is 70.3 Å². The van der Waals surface area contributed by atoms with Crippen LogP contribution in [0.25, 0.3) is 32.9 Å². The van der Waals surface area contributed by atoms with Crippen molar-refractivity contribution < 1.29 is 102 Å². The third kappa shape index (κ3) is 12.6. The minimum absolute atomic E-state index is 0. The lowest BCUT2D eigenvalue weighted by atomic mass is 9.80. The Labute approximate surface area is 428 Å². The van der Waals surface area contributed by atoms with Crippen molar-refractivity contribution in [3.8, 4) is 22.8 Å². The van der Waals surface area contributed by atoms with Crippen LogP contribution >= 0.6 is 0 Å². The van der Waals surface area contributed by atoms with Crippen molar-refractivity contribution >= 4 is 50.8 Å². The van der Waals surface area contributed by atoms with Crippen LogP contribution in [-0.4, -0.2) is 86.3 Å². The first-order valence-corrected chi connectivity index (χ1v) is 21.9. The Morgan fingerprint density at radius 1 is 0.603 bits per heavy atom. The van der Waals surface area contributed by atoms with Gasteiger partial charge in [-0.25, -0.2) is 0 Å². The lowest BCUT2D eigenvalue weighted by Gasteiger charge is -2.37. The van der Waals surface area contributed by atoms with Crippen LogP contribution in [-0.2, 0) is 31.3 Å². The van der Waals surface area contributed by atoms with Gasteiger partial charge in [-0.05, 0) is 77.4 Å². The Morgan fingerprint density at radius 2 is 1.08 bits per heavy atom. The molecule has 1 atom stereocenters. The molecule has 0 bridgehead atoms. The molecule has 384 valence electrons. The van der Waals surface area contributed by atoms with Gasteiger partial charge in [-0.1, -0.05) is 78.9 Å². The van der Waals surface area contributed by atoms with Crippen LogP contribution in [0.5, 0.6) is 11.5 Å². The predicted octanol–water partition coefficient (Wildman–Crippen LogP) is 7.12. The van der Waals surface area contributed by atoms with Crippen LogP contribution < -0.4 is 48.7 Å². The molecule has 73 heavy (non-hydrogen) atoms. The molecular formula is C52H44F9IN4O7. The number of nitrogens with one attached hydrogen (secondary N) is 2. The molecular weight excluding hydrogens is 1090 g/mol. The van der Waals surface area contributed by atoms with E-state index in [1.807, 2.05) is 0 Å². The predicted molar refractivity (Wildman–Crippen MR) is 248 cm³/mol. The first kappa shape index (κ1) is 55.3. The highest BCUT2D eigenvalue weighted by molar-refractivity contribution is 6.11. The topological polar surface area (TPSA) is 130 Å².